The maximum atomic E-state index is 12.2. The highest BCUT2D eigenvalue weighted by Gasteiger charge is 2.13. The lowest BCUT2D eigenvalue weighted by molar-refractivity contribution is 0.331. The molecule has 0 bridgehead atoms. The van der Waals surface area contributed by atoms with E-state index in [1.165, 1.54) is 31.5 Å². The Balaban J connectivity index is 2.05. The number of nitrogens with zero attached hydrogens (tertiary/aromatic N) is 2. The van der Waals surface area contributed by atoms with E-state index in [0.29, 0.717) is 0 Å². The average molecular weight is 270 g/mol. The van der Waals surface area contributed by atoms with Gasteiger partial charge in [0.2, 0.25) is 0 Å². The molecule has 1 aromatic carbocycles. The summed E-state index contributed by atoms with van der Waals surface area (Å²) < 4.78 is 2.18. The monoisotopic (exact) mass is 270 g/mol. The van der Waals surface area contributed by atoms with Crippen LogP contribution in [0.1, 0.15) is 30.9 Å². The van der Waals surface area contributed by atoms with Gasteiger partial charge in [0.25, 0.3) is 0 Å². The molecule has 0 unspecified atom stereocenters. The molecule has 1 aliphatic rings. The van der Waals surface area contributed by atoms with Crippen LogP contribution in [0.15, 0.2) is 29.2 Å². The molecule has 1 aromatic heterocycles. The molecule has 3 heteroatoms. The van der Waals surface area contributed by atoms with E-state index >= 15 is 0 Å². The molecular formula is C17H22N2O. The number of likely N-dealkylation sites (tertiary alicyclic amines) is 1. The van der Waals surface area contributed by atoms with Crippen molar-refractivity contribution in [3.05, 3.63) is 45.7 Å². The number of benzene rings is 1. The molecule has 0 aliphatic carbocycles. The summed E-state index contributed by atoms with van der Waals surface area (Å²) in [7, 11) is 0. The lowest BCUT2D eigenvalue weighted by Crippen LogP contribution is -2.19. The molecule has 1 saturated heterocycles. The summed E-state index contributed by atoms with van der Waals surface area (Å²) >= 11 is 0. The second-order valence-corrected chi connectivity index (χ2v) is 5.76. The highest BCUT2D eigenvalue weighted by atomic mass is 16.1. The van der Waals surface area contributed by atoms with E-state index in [2.05, 4.69) is 28.5 Å². The number of aryl methyl sites for hydroxylation is 2. The summed E-state index contributed by atoms with van der Waals surface area (Å²) in [5.74, 6) is 0. The maximum Gasteiger partial charge on any atom is 0.192 e. The average Bonchev–Trinajstić information content (AvgIpc) is 2.95. The van der Waals surface area contributed by atoms with E-state index in [1.807, 2.05) is 19.2 Å². The van der Waals surface area contributed by atoms with E-state index in [0.717, 1.165) is 29.6 Å². The summed E-state index contributed by atoms with van der Waals surface area (Å²) in [5.41, 5.74) is 3.37. The molecule has 20 heavy (non-hydrogen) atoms. The standard InChI is InChI=1S/C17H22N2O/c1-3-19-11-13(2)17(20)15-7-6-14(10-16(15)19)12-18-8-4-5-9-18/h6-7,10-11H,3-5,8-9,12H2,1-2H3. The number of hydrogen-bond acceptors (Lipinski definition) is 2. The first-order chi connectivity index (χ1) is 9.69. The largest absolute Gasteiger partial charge is 0.347 e. The predicted molar refractivity (Wildman–Crippen MR) is 83.1 cm³/mol. The van der Waals surface area contributed by atoms with Crippen molar-refractivity contribution in [1.29, 1.82) is 0 Å². The van der Waals surface area contributed by atoms with Crippen molar-refractivity contribution in [2.75, 3.05) is 13.1 Å². The van der Waals surface area contributed by atoms with Gasteiger partial charge in [0.15, 0.2) is 5.43 Å². The minimum absolute atomic E-state index is 0.164. The topological polar surface area (TPSA) is 25.2 Å². The fraction of sp³-hybridized carbons (Fsp3) is 0.471. The van der Waals surface area contributed by atoms with Gasteiger partial charge in [-0.2, -0.15) is 0 Å². The van der Waals surface area contributed by atoms with Gasteiger partial charge in [-0.25, -0.2) is 0 Å². The molecule has 0 N–H and O–H groups in total. The molecule has 0 saturated carbocycles. The van der Waals surface area contributed by atoms with Gasteiger partial charge in [0.1, 0.15) is 0 Å². The number of pyridine rings is 1. The van der Waals surface area contributed by atoms with Gasteiger partial charge >= 0.3 is 0 Å². The molecule has 0 radical (unpaired) electrons. The van der Waals surface area contributed by atoms with E-state index < -0.39 is 0 Å². The van der Waals surface area contributed by atoms with Gasteiger partial charge < -0.3 is 4.57 Å². The fourth-order valence-electron chi connectivity index (χ4n) is 3.14. The Morgan fingerprint density at radius 3 is 2.65 bits per heavy atom. The summed E-state index contributed by atoms with van der Waals surface area (Å²) in [4.78, 5) is 14.7. The van der Waals surface area contributed by atoms with Gasteiger partial charge in [0, 0.05) is 30.2 Å². The lowest BCUT2D eigenvalue weighted by Gasteiger charge is -2.16. The molecule has 0 atom stereocenters. The number of rotatable bonds is 3. The second-order valence-electron chi connectivity index (χ2n) is 5.76. The number of aromatic nitrogens is 1. The minimum Gasteiger partial charge on any atom is -0.347 e. The van der Waals surface area contributed by atoms with Crippen molar-refractivity contribution >= 4 is 10.9 Å². The van der Waals surface area contributed by atoms with E-state index in [1.54, 1.807) is 0 Å². The summed E-state index contributed by atoms with van der Waals surface area (Å²) in [6.07, 6.45) is 4.60. The SMILES string of the molecule is CCn1cc(C)c(=O)c2ccc(CN3CCCC3)cc21. The first kappa shape index (κ1) is 13.4. The van der Waals surface area contributed by atoms with Crippen LogP contribution in [0.2, 0.25) is 0 Å². The minimum atomic E-state index is 0.164. The molecule has 106 valence electrons. The maximum absolute atomic E-state index is 12.2. The van der Waals surface area contributed by atoms with Gasteiger partial charge in [-0.1, -0.05) is 6.07 Å². The lowest BCUT2D eigenvalue weighted by atomic mass is 10.1. The van der Waals surface area contributed by atoms with Crippen LogP contribution in [-0.4, -0.2) is 22.6 Å². The Kier molecular flexibility index (Phi) is 3.62. The van der Waals surface area contributed by atoms with Crippen molar-refractivity contribution in [1.82, 2.24) is 9.47 Å². The molecule has 0 amide bonds. The number of fused-ring (bicyclic) bond motifs is 1. The van der Waals surface area contributed by atoms with Gasteiger partial charge in [-0.05, 0) is 57.5 Å². The van der Waals surface area contributed by atoms with Crippen molar-refractivity contribution in [2.24, 2.45) is 0 Å². The van der Waals surface area contributed by atoms with Crippen LogP contribution in [0.3, 0.4) is 0 Å². The molecule has 2 heterocycles. The van der Waals surface area contributed by atoms with Crippen LogP contribution >= 0.6 is 0 Å². The number of hydrogen-bond donors (Lipinski definition) is 0. The normalized spacial score (nSPS) is 16.1. The molecule has 1 aliphatic heterocycles. The van der Waals surface area contributed by atoms with Crippen LogP contribution in [-0.2, 0) is 13.1 Å². The third-order valence-electron chi connectivity index (χ3n) is 4.27. The smallest absolute Gasteiger partial charge is 0.192 e. The Labute approximate surface area is 119 Å². The van der Waals surface area contributed by atoms with Gasteiger partial charge in [-0.15, -0.1) is 0 Å². The zero-order chi connectivity index (χ0) is 14.1. The first-order valence-corrected chi connectivity index (χ1v) is 7.54. The molecule has 3 nitrogen and oxygen atoms in total. The Hall–Kier alpha value is -1.61. The third-order valence-corrected chi connectivity index (χ3v) is 4.27. The van der Waals surface area contributed by atoms with Crippen molar-refractivity contribution in [3.63, 3.8) is 0 Å². The van der Waals surface area contributed by atoms with Crippen LogP contribution in [0.5, 0.6) is 0 Å². The van der Waals surface area contributed by atoms with E-state index in [-0.39, 0.29) is 5.43 Å². The van der Waals surface area contributed by atoms with Gasteiger partial charge in [0.05, 0.1) is 5.52 Å². The Bertz CT molecular complexity index is 681. The molecular weight excluding hydrogens is 248 g/mol. The summed E-state index contributed by atoms with van der Waals surface area (Å²) in [6, 6.07) is 6.31. The highest BCUT2D eigenvalue weighted by Crippen LogP contribution is 2.18. The van der Waals surface area contributed by atoms with Crippen LogP contribution in [0.4, 0.5) is 0 Å². The molecule has 0 spiro atoms. The Morgan fingerprint density at radius 1 is 1.20 bits per heavy atom. The van der Waals surface area contributed by atoms with Crippen molar-refractivity contribution < 1.29 is 0 Å². The van der Waals surface area contributed by atoms with Gasteiger partial charge in [-0.3, -0.25) is 9.69 Å². The zero-order valence-corrected chi connectivity index (χ0v) is 12.4. The first-order valence-electron chi connectivity index (χ1n) is 7.54. The van der Waals surface area contributed by atoms with Crippen LogP contribution < -0.4 is 5.43 Å². The van der Waals surface area contributed by atoms with E-state index in [9.17, 15) is 4.79 Å². The van der Waals surface area contributed by atoms with Crippen LogP contribution in [0.25, 0.3) is 10.9 Å². The quantitative estimate of drug-likeness (QED) is 0.857. The van der Waals surface area contributed by atoms with E-state index in [4.69, 9.17) is 0 Å². The van der Waals surface area contributed by atoms with Crippen molar-refractivity contribution in [3.8, 4) is 0 Å². The Morgan fingerprint density at radius 2 is 1.95 bits per heavy atom. The summed E-state index contributed by atoms with van der Waals surface area (Å²) in [6.45, 7) is 8.31. The zero-order valence-electron chi connectivity index (χ0n) is 12.4. The van der Waals surface area contributed by atoms with Crippen molar-refractivity contribution in [2.45, 2.75) is 39.8 Å². The highest BCUT2D eigenvalue weighted by molar-refractivity contribution is 5.80. The molecule has 1 fully saturated rings. The predicted octanol–water partition coefficient (Wildman–Crippen LogP) is 2.93. The fourth-order valence-corrected chi connectivity index (χ4v) is 3.14. The summed E-state index contributed by atoms with van der Waals surface area (Å²) in [5, 5.41) is 0.844. The third kappa shape index (κ3) is 2.38. The molecule has 2 aromatic rings. The molecule has 3 rings (SSSR count). The second kappa shape index (κ2) is 5.41. The van der Waals surface area contributed by atoms with Crippen LogP contribution in [0, 0.1) is 6.92 Å².